The number of rotatable bonds is 6. The van der Waals surface area contributed by atoms with Crippen molar-refractivity contribution in [1.82, 2.24) is 10.2 Å². The Kier molecular flexibility index (Phi) is 5.68. The summed E-state index contributed by atoms with van der Waals surface area (Å²) in [6, 6.07) is 5.65. The number of halogens is 1. The Morgan fingerprint density at radius 1 is 1.32 bits per heavy atom. The smallest absolute Gasteiger partial charge is 0.225 e. The predicted octanol–water partition coefficient (Wildman–Crippen LogP) is 2.01. The first-order valence-corrected chi connectivity index (χ1v) is 9.02. The molecule has 2 aliphatic rings. The molecule has 0 aromatic heterocycles. The number of piperidine rings is 1. The first kappa shape index (κ1) is 17.9. The Balaban J connectivity index is 1.51. The van der Waals surface area contributed by atoms with Crippen molar-refractivity contribution in [2.24, 2.45) is 11.8 Å². The molecule has 0 spiro atoms. The molecule has 2 amide bonds. The summed E-state index contributed by atoms with van der Waals surface area (Å²) in [5.74, 6) is -0.157. The summed E-state index contributed by atoms with van der Waals surface area (Å²) in [4.78, 5) is 26.3. The largest absolute Gasteiger partial charge is 0.388 e. The quantitative estimate of drug-likeness (QED) is 0.826. The zero-order valence-corrected chi connectivity index (χ0v) is 14.3. The first-order chi connectivity index (χ1) is 12.0. The summed E-state index contributed by atoms with van der Waals surface area (Å²) in [6.07, 6.45) is 2.81. The van der Waals surface area contributed by atoms with Crippen molar-refractivity contribution in [3.05, 3.63) is 35.6 Å². The standard InChI is InChI=1S/C19H25FN2O3/c20-16-5-1-3-14(9-16)17(23)10-18(24)22-8-2-4-15(12-22)19(25)21-11-13-6-7-13/h1,3,5,9,13,15,17,23H,2,4,6-8,10-12H2,(H,21,25). The van der Waals surface area contributed by atoms with E-state index in [4.69, 9.17) is 0 Å². The molecule has 1 aromatic rings. The predicted molar refractivity (Wildman–Crippen MR) is 91.0 cm³/mol. The van der Waals surface area contributed by atoms with Crippen LogP contribution in [0.25, 0.3) is 0 Å². The number of aliphatic hydroxyl groups is 1. The molecule has 1 saturated carbocycles. The fourth-order valence-corrected chi connectivity index (χ4v) is 3.26. The number of likely N-dealkylation sites (tertiary alicyclic amines) is 1. The van der Waals surface area contributed by atoms with Gasteiger partial charge < -0.3 is 15.3 Å². The molecule has 1 aromatic carbocycles. The van der Waals surface area contributed by atoms with Crippen LogP contribution in [0.1, 0.15) is 43.8 Å². The molecule has 2 N–H and O–H groups in total. The fourth-order valence-electron chi connectivity index (χ4n) is 3.26. The van der Waals surface area contributed by atoms with Gasteiger partial charge >= 0.3 is 0 Å². The molecule has 5 nitrogen and oxygen atoms in total. The first-order valence-electron chi connectivity index (χ1n) is 9.02. The number of hydrogen-bond donors (Lipinski definition) is 2. The average molecular weight is 348 g/mol. The lowest BCUT2D eigenvalue weighted by Crippen LogP contribution is -2.46. The molecule has 25 heavy (non-hydrogen) atoms. The number of aliphatic hydroxyl groups excluding tert-OH is 1. The second-order valence-corrected chi connectivity index (χ2v) is 7.14. The Labute approximate surface area is 147 Å². The highest BCUT2D eigenvalue weighted by molar-refractivity contribution is 5.81. The number of benzene rings is 1. The molecular formula is C19H25FN2O3. The highest BCUT2D eigenvalue weighted by atomic mass is 19.1. The molecule has 6 heteroatoms. The summed E-state index contributed by atoms with van der Waals surface area (Å²) in [5.41, 5.74) is 0.393. The normalized spacial score (nSPS) is 21.7. The van der Waals surface area contributed by atoms with Crippen LogP contribution in [0.4, 0.5) is 4.39 Å². The Hall–Kier alpha value is -1.95. The number of amides is 2. The summed E-state index contributed by atoms with van der Waals surface area (Å²) in [5, 5.41) is 13.2. The summed E-state index contributed by atoms with van der Waals surface area (Å²) >= 11 is 0. The van der Waals surface area contributed by atoms with Gasteiger partial charge in [0.05, 0.1) is 18.4 Å². The van der Waals surface area contributed by atoms with Crippen molar-refractivity contribution in [2.75, 3.05) is 19.6 Å². The van der Waals surface area contributed by atoms with Gasteiger partial charge in [-0.3, -0.25) is 9.59 Å². The molecule has 0 radical (unpaired) electrons. The van der Waals surface area contributed by atoms with Gasteiger partial charge in [0.15, 0.2) is 0 Å². The molecule has 2 fully saturated rings. The lowest BCUT2D eigenvalue weighted by atomic mass is 9.96. The van der Waals surface area contributed by atoms with Crippen LogP contribution in [0.3, 0.4) is 0 Å². The summed E-state index contributed by atoms with van der Waals surface area (Å²) in [6.45, 7) is 1.73. The number of nitrogens with zero attached hydrogens (tertiary/aromatic N) is 1. The zero-order valence-electron chi connectivity index (χ0n) is 14.3. The number of carbonyl (C=O) groups is 2. The van der Waals surface area contributed by atoms with Gasteiger partial charge in [-0.2, -0.15) is 0 Å². The fraction of sp³-hybridized carbons (Fsp3) is 0.579. The number of carbonyl (C=O) groups excluding carboxylic acids is 2. The second-order valence-electron chi connectivity index (χ2n) is 7.14. The van der Waals surface area contributed by atoms with E-state index < -0.39 is 11.9 Å². The van der Waals surface area contributed by atoms with Crippen LogP contribution in [0.15, 0.2) is 24.3 Å². The summed E-state index contributed by atoms with van der Waals surface area (Å²) < 4.78 is 13.2. The maximum absolute atomic E-state index is 13.2. The minimum Gasteiger partial charge on any atom is -0.388 e. The van der Waals surface area contributed by atoms with Crippen LogP contribution in [0.5, 0.6) is 0 Å². The van der Waals surface area contributed by atoms with Gasteiger partial charge in [0.25, 0.3) is 0 Å². The molecule has 1 saturated heterocycles. The van der Waals surface area contributed by atoms with Crippen LogP contribution in [-0.4, -0.2) is 41.5 Å². The third-order valence-electron chi connectivity index (χ3n) is 5.01. The average Bonchev–Trinajstić information content (AvgIpc) is 3.44. The molecular weight excluding hydrogens is 323 g/mol. The van der Waals surface area contributed by atoms with Gasteiger partial charge in [0, 0.05) is 19.6 Å². The molecule has 1 aliphatic heterocycles. The van der Waals surface area contributed by atoms with Crippen LogP contribution >= 0.6 is 0 Å². The van der Waals surface area contributed by atoms with Crippen LogP contribution in [0.2, 0.25) is 0 Å². The number of hydrogen-bond acceptors (Lipinski definition) is 3. The molecule has 136 valence electrons. The van der Waals surface area contributed by atoms with E-state index in [0.717, 1.165) is 19.4 Å². The lowest BCUT2D eigenvalue weighted by molar-refractivity contribution is -0.137. The molecule has 3 rings (SSSR count). The van der Waals surface area contributed by atoms with Gasteiger partial charge in [-0.25, -0.2) is 4.39 Å². The van der Waals surface area contributed by atoms with E-state index >= 15 is 0 Å². The van der Waals surface area contributed by atoms with Crippen molar-refractivity contribution < 1.29 is 19.1 Å². The highest BCUT2D eigenvalue weighted by Crippen LogP contribution is 2.28. The molecule has 1 heterocycles. The zero-order chi connectivity index (χ0) is 17.8. The topological polar surface area (TPSA) is 69.6 Å². The van der Waals surface area contributed by atoms with E-state index in [-0.39, 0.29) is 24.2 Å². The molecule has 1 aliphatic carbocycles. The van der Waals surface area contributed by atoms with E-state index in [1.54, 1.807) is 11.0 Å². The maximum Gasteiger partial charge on any atom is 0.225 e. The lowest BCUT2D eigenvalue weighted by Gasteiger charge is -2.32. The van der Waals surface area contributed by atoms with Crippen molar-refractivity contribution in [3.8, 4) is 0 Å². The van der Waals surface area contributed by atoms with Gasteiger partial charge in [0.2, 0.25) is 11.8 Å². The van der Waals surface area contributed by atoms with Crippen LogP contribution in [0, 0.1) is 17.7 Å². The van der Waals surface area contributed by atoms with Crippen molar-refractivity contribution in [3.63, 3.8) is 0 Å². The van der Waals surface area contributed by atoms with Gasteiger partial charge in [0.1, 0.15) is 5.82 Å². The van der Waals surface area contributed by atoms with Gasteiger partial charge in [-0.1, -0.05) is 12.1 Å². The number of nitrogens with one attached hydrogen (secondary N) is 1. The van der Waals surface area contributed by atoms with E-state index in [1.807, 2.05) is 0 Å². The Morgan fingerprint density at radius 2 is 2.12 bits per heavy atom. The van der Waals surface area contributed by atoms with Gasteiger partial charge in [-0.05, 0) is 49.3 Å². The molecule has 0 bridgehead atoms. The maximum atomic E-state index is 13.2. The molecule has 2 unspecified atom stereocenters. The van der Waals surface area contributed by atoms with Gasteiger partial charge in [-0.15, -0.1) is 0 Å². The molecule has 2 atom stereocenters. The van der Waals surface area contributed by atoms with Crippen molar-refractivity contribution in [1.29, 1.82) is 0 Å². The second kappa shape index (κ2) is 7.95. The Morgan fingerprint density at radius 3 is 2.84 bits per heavy atom. The van der Waals surface area contributed by atoms with E-state index in [9.17, 15) is 19.1 Å². The van der Waals surface area contributed by atoms with E-state index in [1.165, 1.54) is 31.0 Å². The monoisotopic (exact) mass is 348 g/mol. The van der Waals surface area contributed by atoms with E-state index in [2.05, 4.69) is 5.32 Å². The highest BCUT2D eigenvalue weighted by Gasteiger charge is 2.30. The van der Waals surface area contributed by atoms with Crippen LogP contribution < -0.4 is 5.32 Å². The Bertz CT molecular complexity index is 633. The van der Waals surface area contributed by atoms with E-state index in [0.29, 0.717) is 24.6 Å². The SMILES string of the molecule is O=C(NCC1CC1)C1CCCN(C(=O)CC(O)c2cccc(F)c2)C1. The minimum absolute atomic E-state index is 0.0232. The van der Waals surface area contributed by atoms with Crippen LogP contribution in [-0.2, 0) is 9.59 Å². The van der Waals surface area contributed by atoms with Crippen molar-refractivity contribution in [2.45, 2.75) is 38.2 Å². The van der Waals surface area contributed by atoms with Crippen molar-refractivity contribution >= 4 is 11.8 Å². The third kappa shape index (κ3) is 5.01. The third-order valence-corrected chi connectivity index (χ3v) is 5.01. The summed E-state index contributed by atoms with van der Waals surface area (Å²) in [7, 11) is 0. The minimum atomic E-state index is -1.03.